The minimum atomic E-state index is -0.559. The van der Waals surface area contributed by atoms with Crippen LogP contribution in [0.25, 0.3) is 22.1 Å². The number of nitrogens with zero attached hydrogens (tertiary/aromatic N) is 4. The third kappa shape index (κ3) is 3.89. The highest BCUT2D eigenvalue weighted by Crippen LogP contribution is 2.27. The van der Waals surface area contributed by atoms with E-state index in [1.165, 1.54) is 0 Å². The van der Waals surface area contributed by atoms with E-state index in [-0.39, 0.29) is 22.9 Å². The Morgan fingerprint density at radius 3 is 2.50 bits per heavy atom. The van der Waals surface area contributed by atoms with Gasteiger partial charge in [-0.05, 0) is 48.6 Å². The van der Waals surface area contributed by atoms with Crippen LogP contribution in [-0.2, 0) is 0 Å². The van der Waals surface area contributed by atoms with Crippen molar-refractivity contribution in [3.05, 3.63) is 99.2 Å². The number of nitrogen functional groups attached to an aromatic ring is 1. The van der Waals surface area contributed by atoms with Gasteiger partial charge in [0, 0.05) is 23.3 Å². The van der Waals surface area contributed by atoms with Crippen LogP contribution >= 0.6 is 11.6 Å². The van der Waals surface area contributed by atoms with Gasteiger partial charge >= 0.3 is 0 Å². The number of carbonyl (C=O) groups excluding carboxylic acids is 1. The number of rotatable bonds is 5. The Hall–Kier alpha value is -4.17. The average Bonchev–Trinajstić information content (AvgIpc) is 3.20. The highest BCUT2D eigenvalue weighted by atomic mass is 35.5. The molecule has 0 fully saturated rings. The van der Waals surface area contributed by atoms with Crippen LogP contribution < -0.4 is 16.6 Å². The lowest BCUT2D eigenvalue weighted by atomic mass is 10.1. The minimum Gasteiger partial charge on any atom is -0.381 e. The second-order valence-corrected chi connectivity index (χ2v) is 9.37. The summed E-state index contributed by atoms with van der Waals surface area (Å²) in [4.78, 5) is 31.5. The first kappa shape index (κ1) is 23.6. The predicted molar refractivity (Wildman–Crippen MR) is 142 cm³/mol. The van der Waals surface area contributed by atoms with E-state index in [2.05, 4.69) is 15.4 Å². The molecule has 0 radical (unpaired) electrons. The van der Waals surface area contributed by atoms with E-state index in [4.69, 9.17) is 17.3 Å². The summed E-state index contributed by atoms with van der Waals surface area (Å²) in [6.07, 6.45) is 1.64. The topological polar surface area (TPSA) is 107 Å². The van der Waals surface area contributed by atoms with Crippen molar-refractivity contribution in [1.29, 1.82) is 0 Å². The molecule has 0 aliphatic heterocycles. The molecule has 3 heterocycles. The van der Waals surface area contributed by atoms with Gasteiger partial charge in [-0.15, -0.1) is 5.10 Å². The fraction of sp³-hybridized carbons (Fsp3) is 0.185. The largest absolute Gasteiger partial charge is 0.381 e. The van der Waals surface area contributed by atoms with E-state index in [1.807, 2.05) is 69.3 Å². The maximum absolute atomic E-state index is 13.6. The van der Waals surface area contributed by atoms with Crippen LogP contribution in [0.3, 0.4) is 0 Å². The van der Waals surface area contributed by atoms with E-state index in [1.54, 1.807) is 27.4 Å². The van der Waals surface area contributed by atoms with Gasteiger partial charge in [0.15, 0.2) is 11.5 Å². The van der Waals surface area contributed by atoms with Gasteiger partial charge in [-0.1, -0.05) is 55.8 Å². The molecule has 0 aliphatic carbocycles. The molecule has 0 saturated carbocycles. The molecule has 5 rings (SSSR count). The van der Waals surface area contributed by atoms with Crippen molar-refractivity contribution in [2.24, 2.45) is 0 Å². The Bertz CT molecular complexity index is 1670. The summed E-state index contributed by atoms with van der Waals surface area (Å²) < 4.78 is 3.19. The number of carbonyl (C=O) groups is 1. The van der Waals surface area contributed by atoms with Gasteiger partial charge in [-0.2, -0.15) is 0 Å². The number of aromatic nitrogens is 4. The van der Waals surface area contributed by atoms with Crippen LogP contribution in [-0.4, -0.2) is 25.1 Å². The molecule has 2 aromatic carbocycles. The van der Waals surface area contributed by atoms with Crippen LogP contribution in [0.4, 0.5) is 5.82 Å². The van der Waals surface area contributed by atoms with Gasteiger partial charge in [0.25, 0.3) is 11.5 Å². The van der Waals surface area contributed by atoms with Gasteiger partial charge in [-0.25, -0.2) is 9.50 Å². The molecule has 9 heteroatoms. The fourth-order valence-electron chi connectivity index (χ4n) is 4.48. The third-order valence-corrected chi connectivity index (χ3v) is 6.54. The first-order valence-electron chi connectivity index (χ1n) is 11.6. The standard InChI is InChI=1S/C27H25ClN6O2/c1-15(2)20-12-13-30-25-23(24(29)32-34(20)25)26(35)31-16(3)21-14-17-8-7-11-19(28)22(17)27(36)33(21)18-9-5-4-6-10-18/h4-16H,1-3H3,(H2,29,32)(H,31,35)/t16-/m0/s1. The normalized spacial score (nSPS) is 12.4. The molecule has 5 aromatic rings. The summed E-state index contributed by atoms with van der Waals surface area (Å²) >= 11 is 6.40. The summed E-state index contributed by atoms with van der Waals surface area (Å²) in [5, 5.41) is 8.84. The zero-order chi connectivity index (χ0) is 25.6. The molecular weight excluding hydrogens is 476 g/mol. The number of nitrogens with one attached hydrogen (secondary N) is 1. The second kappa shape index (κ2) is 9.13. The van der Waals surface area contributed by atoms with Crippen LogP contribution in [0.1, 0.15) is 54.5 Å². The molecule has 0 unspecified atom stereocenters. The number of nitrogens with two attached hydrogens (primary N) is 1. The number of pyridine rings is 1. The molecule has 36 heavy (non-hydrogen) atoms. The molecule has 0 spiro atoms. The molecule has 1 atom stereocenters. The lowest BCUT2D eigenvalue weighted by Crippen LogP contribution is -2.32. The molecule has 1 amide bonds. The molecule has 0 aliphatic rings. The van der Waals surface area contributed by atoms with Crippen molar-refractivity contribution in [3.8, 4) is 5.69 Å². The Morgan fingerprint density at radius 1 is 1.03 bits per heavy atom. The number of hydrogen-bond donors (Lipinski definition) is 2. The first-order chi connectivity index (χ1) is 17.3. The molecule has 0 saturated heterocycles. The zero-order valence-electron chi connectivity index (χ0n) is 20.1. The van der Waals surface area contributed by atoms with Gasteiger partial charge in [0.1, 0.15) is 5.56 Å². The molecule has 182 valence electrons. The summed E-state index contributed by atoms with van der Waals surface area (Å²) in [6.45, 7) is 5.88. The molecule has 8 nitrogen and oxygen atoms in total. The number of hydrogen-bond acceptors (Lipinski definition) is 5. The van der Waals surface area contributed by atoms with E-state index >= 15 is 0 Å². The van der Waals surface area contributed by atoms with Crippen LogP contribution in [0.2, 0.25) is 5.02 Å². The number of fused-ring (bicyclic) bond motifs is 2. The van der Waals surface area contributed by atoms with E-state index in [9.17, 15) is 9.59 Å². The lowest BCUT2D eigenvalue weighted by Gasteiger charge is -2.21. The molecule has 3 aromatic heterocycles. The quantitative estimate of drug-likeness (QED) is 0.357. The smallest absolute Gasteiger partial charge is 0.264 e. The Labute approximate surface area is 212 Å². The van der Waals surface area contributed by atoms with Crippen LogP contribution in [0.15, 0.2) is 71.7 Å². The zero-order valence-corrected chi connectivity index (χ0v) is 20.8. The maximum Gasteiger partial charge on any atom is 0.264 e. The van der Waals surface area contributed by atoms with Gasteiger partial charge in [0.2, 0.25) is 0 Å². The van der Waals surface area contributed by atoms with Gasteiger partial charge in [-0.3, -0.25) is 14.2 Å². The van der Waals surface area contributed by atoms with Crippen molar-refractivity contribution in [3.63, 3.8) is 0 Å². The van der Waals surface area contributed by atoms with Crippen molar-refractivity contribution in [2.75, 3.05) is 5.73 Å². The second-order valence-electron chi connectivity index (χ2n) is 8.96. The van der Waals surface area contributed by atoms with Crippen LogP contribution in [0, 0.1) is 0 Å². The van der Waals surface area contributed by atoms with Gasteiger partial charge < -0.3 is 11.1 Å². The number of benzene rings is 2. The SMILES string of the molecule is CC(C)c1ccnc2c(C(=O)N[C@@H](C)c3cc4cccc(Cl)c4c(=O)n3-c3ccccc3)c(N)nn12. The third-order valence-electron chi connectivity index (χ3n) is 6.22. The number of anilines is 1. The predicted octanol–water partition coefficient (Wildman–Crippen LogP) is 4.88. The van der Waals surface area contributed by atoms with E-state index in [0.717, 1.165) is 5.69 Å². The van der Waals surface area contributed by atoms with Crippen molar-refractivity contribution in [2.45, 2.75) is 32.7 Å². The maximum atomic E-state index is 13.6. The van der Waals surface area contributed by atoms with Crippen molar-refractivity contribution >= 4 is 39.7 Å². The number of para-hydroxylation sites is 1. The molecular formula is C27H25ClN6O2. The van der Waals surface area contributed by atoms with E-state index < -0.39 is 11.9 Å². The monoisotopic (exact) mass is 500 g/mol. The summed E-state index contributed by atoms with van der Waals surface area (Å²) in [5.41, 5.74) is 8.64. The number of amides is 1. The minimum absolute atomic E-state index is 0.0889. The number of halogens is 1. The van der Waals surface area contributed by atoms with Crippen molar-refractivity contribution in [1.82, 2.24) is 24.5 Å². The lowest BCUT2D eigenvalue weighted by molar-refractivity contribution is 0.0941. The average molecular weight is 501 g/mol. The summed E-state index contributed by atoms with van der Waals surface area (Å²) in [5.74, 6) is -0.179. The van der Waals surface area contributed by atoms with Crippen LogP contribution in [0.5, 0.6) is 0 Å². The Morgan fingerprint density at radius 2 is 1.78 bits per heavy atom. The Balaban J connectivity index is 1.62. The highest BCUT2D eigenvalue weighted by molar-refractivity contribution is 6.35. The summed E-state index contributed by atoms with van der Waals surface area (Å²) in [6, 6.07) is 17.7. The Kier molecular flexibility index (Phi) is 5.97. The van der Waals surface area contributed by atoms with Crippen molar-refractivity contribution < 1.29 is 4.79 Å². The molecule has 0 bridgehead atoms. The molecule has 3 N–H and O–H groups in total. The first-order valence-corrected chi connectivity index (χ1v) is 12.0. The van der Waals surface area contributed by atoms with Gasteiger partial charge in [0.05, 0.1) is 16.5 Å². The summed E-state index contributed by atoms with van der Waals surface area (Å²) in [7, 11) is 0. The fourth-order valence-corrected chi connectivity index (χ4v) is 4.74. The highest BCUT2D eigenvalue weighted by Gasteiger charge is 2.25. The van der Waals surface area contributed by atoms with E-state index in [0.29, 0.717) is 32.8 Å².